The maximum atomic E-state index is 2.36. The van der Waals surface area contributed by atoms with Crippen LogP contribution in [0.15, 0.2) is 30.3 Å². The summed E-state index contributed by atoms with van der Waals surface area (Å²) < 4.78 is 0. The van der Waals surface area contributed by atoms with Gasteiger partial charge < -0.3 is 4.90 Å². The van der Waals surface area contributed by atoms with E-state index in [1.807, 2.05) is 0 Å². The molecule has 0 radical (unpaired) electrons. The third-order valence-corrected chi connectivity index (χ3v) is 4.14. The fourth-order valence-electron chi connectivity index (χ4n) is 2.87. The molecule has 0 N–H and O–H groups in total. The van der Waals surface area contributed by atoms with E-state index >= 15 is 0 Å². The molecule has 0 saturated carbocycles. The minimum absolute atomic E-state index is 0.580. The Labute approximate surface area is 126 Å². The minimum Gasteiger partial charge on any atom is -0.302 e. The minimum atomic E-state index is 0.580. The lowest BCUT2D eigenvalue weighted by molar-refractivity contribution is 0.276. The number of benzene rings is 1. The van der Waals surface area contributed by atoms with Gasteiger partial charge in [0.05, 0.1) is 0 Å². The molecule has 0 saturated heterocycles. The molecule has 1 rings (SSSR count). The van der Waals surface area contributed by atoms with Gasteiger partial charge in [-0.25, -0.2) is 0 Å². The monoisotopic (exact) mass is 275 g/mol. The van der Waals surface area contributed by atoms with E-state index in [0.717, 1.165) is 0 Å². The van der Waals surface area contributed by atoms with Gasteiger partial charge >= 0.3 is 0 Å². The average molecular weight is 275 g/mol. The summed E-state index contributed by atoms with van der Waals surface area (Å²) in [7, 11) is 4.39. The van der Waals surface area contributed by atoms with E-state index in [1.54, 1.807) is 0 Å². The maximum absolute atomic E-state index is 2.36. The van der Waals surface area contributed by atoms with Crippen LogP contribution >= 0.6 is 0 Å². The first kappa shape index (κ1) is 17.2. The first-order valence-electron chi connectivity index (χ1n) is 8.47. The summed E-state index contributed by atoms with van der Waals surface area (Å²) in [6, 6.07) is 11.5. The first-order valence-corrected chi connectivity index (χ1v) is 8.47. The Morgan fingerprint density at radius 2 is 1.35 bits per heavy atom. The van der Waals surface area contributed by atoms with Gasteiger partial charge in [-0.1, -0.05) is 88.6 Å². The zero-order valence-electron chi connectivity index (χ0n) is 13.8. The van der Waals surface area contributed by atoms with E-state index in [2.05, 4.69) is 56.3 Å². The van der Waals surface area contributed by atoms with E-state index in [9.17, 15) is 0 Å². The van der Waals surface area contributed by atoms with Gasteiger partial charge in [0.15, 0.2) is 0 Å². The molecule has 114 valence electrons. The van der Waals surface area contributed by atoms with E-state index in [0.29, 0.717) is 6.04 Å². The molecule has 1 aromatic carbocycles. The molecule has 0 fully saturated rings. The fraction of sp³-hybridized carbons (Fsp3) is 0.684. The number of nitrogens with zero attached hydrogens (tertiary/aromatic N) is 1. The van der Waals surface area contributed by atoms with Gasteiger partial charge in [-0.05, 0) is 26.1 Å². The SMILES string of the molecule is CCCCCCCCCCC(c1ccccc1)N(C)C. The van der Waals surface area contributed by atoms with E-state index in [1.165, 1.54) is 63.4 Å². The molecule has 1 atom stereocenters. The quantitative estimate of drug-likeness (QED) is 0.460. The highest BCUT2D eigenvalue weighted by atomic mass is 15.1. The van der Waals surface area contributed by atoms with Gasteiger partial charge in [0.1, 0.15) is 0 Å². The number of unbranched alkanes of at least 4 members (excludes halogenated alkanes) is 7. The van der Waals surface area contributed by atoms with Crippen LogP contribution in [0.4, 0.5) is 0 Å². The molecule has 0 aliphatic carbocycles. The maximum Gasteiger partial charge on any atom is 0.0342 e. The highest BCUT2D eigenvalue weighted by Gasteiger charge is 2.12. The summed E-state index contributed by atoms with van der Waals surface area (Å²) >= 11 is 0. The van der Waals surface area contributed by atoms with Crippen LogP contribution in [0, 0.1) is 0 Å². The Morgan fingerprint density at radius 3 is 1.90 bits per heavy atom. The van der Waals surface area contributed by atoms with Crippen LogP contribution in [0.25, 0.3) is 0 Å². The van der Waals surface area contributed by atoms with Crippen LogP contribution in [-0.2, 0) is 0 Å². The summed E-state index contributed by atoms with van der Waals surface area (Å²) in [5.74, 6) is 0. The van der Waals surface area contributed by atoms with Crippen molar-refractivity contribution < 1.29 is 0 Å². The van der Waals surface area contributed by atoms with Crippen molar-refractivity contribution >= 4 is 0 Å². The molecule has 0 amide bonds. The summed E-state index contributed by atoms with van der Waals surface area (Å²) in [4.78, 5) is 2.36. The van der Waals surface area contributed by atoms with E-state index in [-0.39, 0.29) is 0 Å². The normalized spacial score (nSPS) is 12.8. The standard InChI is InChI=1S/C19H33N/c1-4-5-6-7-8-9-10-14-17-19(20(2)3)18-15-12-11-13-16-18/h11-13,15-16,19H,4-10,14,17H2,1-3H3. The largest absolute Gasteiger partial charge is 0.302 e. The van der Waals surface area contributed by atoms with Gasteiger partial charge in [0, 0.05) is 6.04 Å². The molecule has 0 aromatic heterocycles. The van der Waals surface area contributed by atoms with Crippen molar-refractivity contribution in [3.05, 3.63) is 35.9 Å². The zero-order valence-corrected chi connectivity index (χ0v) is 13.8. The van der Waals surface area contributed by atoms with Crippen molar-refractivity contribution in [1.82, 2.24) is 4.90 Å². The van der Waals surface area contributed by atoms with Gasteiger partial charge in [-0.2, -0.15) is 0 Å². The Kier molecular flexibility index (Phi) is 9.40. The van der Waals surface area contributed by atoms with Crippen molar-refractivity contribution in [2.45, 2.75) is 70.8 Å². The molecule has 1 aromatic rings. The predicted molar refractivity (Wildman–Crippen MR) is 90.1 cm³/mol. The highest BCUT2D eigenvalue weighted by molar-refractivity contribution is 5.18. The van der Waals surface area contributed by atoms with E-state index < -0.39 is 0 Å². The third-order valence-electron chi connectivity index (χ3n) is 4.14. The van der Waals surface area contributed by atoms with Crippen LogP contribution in [0.2, 0.25) is 0 Å². The Balaban J connectivity index is 2.18. The molecule has 0 spiro atoms. The number of hydrogen-bond donors (Lipinski definition) is 0. The van der Waals surface area contributed by atoms with Crippen LogP contribution in [-0.4, -0.2) is 19.0 Å². The smallest absolute Gasteiger partial charge is 0.0342 e. The van der Waals surface area contributed by atoms with Crippen LogP contribution in [0.1, 0.15) is 76.3 Å². The van der Waals surface area contributed by atoms with Crippen LogP contribution in [0.3, 0.4) is 0 Å². The Bertz CT molecular complexity index is 318. The van der Waals surface area contributed by atoms with Crippen LogP contribution < -0.4 is 0 Å². The lowest BCUT2D eigenvalue weighted by Gasteiger charge is -2.24. The summed E-state index contributed by atoms with van der Waals surface area (Å²) in [6.45, 7) is 2.28. The molecular weight excluding hydrogens is 242 g/mol. The summed E-state index contributed by atoms with van der Waals surface area (Å²) in [5.41, 5.74) is 1.46. The lowest BCUT2D eigenvalue weighted by atomic mass is 9.98. The van der Waals surface area contributed by atoms with Gasteiger partial charge in [-0.15, -0.1) is 0 Å². The molecule has 1 nitrogen and oxygen atoms in total. The Hall–Kier alpha value is -0.820. The first-order chi connectivity index (χ1) is 9.75. The van der Waals surface area contributed by atoms with Crippen molar-refractivity contribution in [1.29, 1.82) is 0 Å². The topological polar surface area (TPSA) is 3.24 Å². The van der Waals surface area contributed by atoms with E-state index in [4.69, 9.17) is 0 Å². The molecule has 1 unspecified atom stereocenters. The molecular formula is C19H33N. The molecule has 0 aliphatic heterocycles. The molecule has 1 heteroatoms. The van der Waals surface area contributed by atoms with Crippen molar-refractivity contribution in [3.8, 4) is 0 Å². The van der Waals surface area contributed by atoms with Gasteiger partial charge in [0.25, 0.3) is 0 Å². The van der Waals surface area contributed by atoms with Gasteiger partial charge in [0.2, 0.25) is 0 Å². The highest BCUT2D eigenvalue weighted by Crippen LogP contribution is 2.24. The van der Waals surface area contributed by atoms with Crippen molar-refractivity contribution in [2.75, 3.05) is 14.1 Å². The predicted octanol–water partition coefficient (Wildman–Crippen LogP) is 5.82. The second-order valence-electron chi connectivity index (χ2n) is 6.15. The third kappa shape index (κ3) is 7.09. The second kappa shape index (κ2) is 10.9. The average Bonchev–Trinajstić information content (AvgIpc) is 2.46. The molecule has 20 heavy (non-hydrogen) atoms. The molecule has 0 aliphatic rings. The van der Waals surface area contributed by atoms with Crippen LogP contribution in [0.5, 0.6) is 0 Å². The van der Waals surface area contributed by atoms with Crippen molar-refractivity contribution in [3.63, 3.8) is 0 Å². The van der Waals surface area contributed by atoms with Crippen molar-refractivity contribution in [2.24, 2.45) is 0 Å². The summed E-state index contributed by atoms with van der Waals surface area (Å²) in [5, 5.41) is 0. The lowest BCUT2D eigenvalue weighted by Crippen LogP contribution is -2.19. The molecule has 0 bridgehead atoms. The summed E-state index contributed by atoms with van der Waals surface area (Å²) in [6.07, 6.45) is 12.5. The number of hydrogen-bond acceptors (Lipinski definition) is 1. The zero-order chi connectivity index (χ0) is 14.6. The second-order valence-corrected chi connectivity index (χ2v) is 6.15. The van der Waals surface area contributed by atoms with Gasteiger partial charge in [-0.3, -0.25) is 0 Å². The fourth-order valence-corrected chi connectivity index (χ4v) is 2.87. The number of rotatable bonds is 11. The Morgan fingerprint density at radius 1 is 0.800 bits per heavy atom. The molecule has 0 heterocycles.